The van der Waals surface area contributed by atoms with Gasteiger partial charge in [0.05, 0.1) is 0 Å². The summed E-state index contributed by atoms with van der Waals surface area (Å²) in [5.41, 5.74) is 8.39. The lowest BCUT2D eigenvalue weighted by Crippen LogP contribution is -2.13. The van der Waals surface area contributed by atoms with Gasteiger partial charge < -0.3 is 10.3 Å². The maximum absolute atomic E-state index is 5.49. The predicted molar refractivity (Wildman–Crippen MR) is 77.5 cm³/mol. The molecule has 1 unspecified atom stereocenters. The fourth-order valence-electron chi connectivity index (χ4n) is 2.87. The van der Waals surface area contributed by atoms with Crippen molar-refractivity contribution in [3.8, 4) is 0 Å². The molecule has 0 saturated carbocycles. The van der Waals surface area contributed by atoms with E-state index in [0.29, 0.717) is 5.92 Å². The van der Waals surface area contributed by atoms with E-state index in [2.05, 4.69) is 34.4 Å². The molecule has 4 nitrogen and oxygen atoms in total. The highest BCUT2D eigenvalue weighted by Gasteiger charge is 2.23. The lowest BCUT2D eigenvalue weighted by Gasteiger charge is -2.21. The van der Waals surface area contributed by atoms with Gasteiger partial charge in [-0.1, -0.05) is 29.4 Å². The van der Waals surface area contributed by atoms with Crippen LogP contribution in [0.2, 0.25) is 0 Å². The van der Waals surface area contributed by atoms with Crippen molar-refractivity contribution in [3.63, 3.8) is 0 Å². The summed E-state index contributed by atoms with van der Waals surface area (Å²) >= 11 is 0. The van der Waals surface area contributed by atoms with E-state index in [-0.39, 0.29) is 0 Å². The number of aryl methyl sites for hydroxylation is 2. The van der Waals surface area contributed by atoms with Crippen LogP contribution in [0, 0.1) is 0 Å². The first-order valence-corrected chi connectivity index (χ1v) is 7.46. The number of unbranched alkanes of at least 4 members (excludes halogenated alkanes) is 1. The third-order valence-electron chi connectivity index (χ3n) is 4.04. The molecular formula is C16H21N3O. The number of rotatable bonds is 5. The van der Waals surface area contributed by atoms with Crippen molar-refractivity contribution in [2.45, 2.75) is 44.4 Å². The Morgan fingerprint density at radius 1 is 1.20 bits per heavy atom. The first-order valence-electron chi connectivity index (χ1n) is 7.46. The highest BCUT2D eigenvalue weighted by Crippen LogP contribution is 2.31. The van der Waals surface area contributed by atoms with E-state index in [0.717, 1.165) is 56.8 Å². The van der Waals surface area contributed by atoms with E-state index in [9.17, 15) is 0 Å². The number of hydrogen-bond donors (Lipinski definition) is 1. The Balaban J connectivity index is 1.66. The average Bonchev–Trinajstić information content (AvgIpc) is 2.96. The minimum Gasteiger partial charge on any atom is -0.339 e. The molecule has 0 bridgehead atoms. The number of benzene rings is 1. The van der Waals surface area contributed by atoms with Gasteiger partial charge in [-0.05, 0) is 49.8 Å². The molecular weight excluding hydrogens is 250 g/mol. The van der Waals surface area contributed by atoms with E-state index in [1.165, 1.54) is 11.1 Å². The fraction of sp³-hybridized carbons (Fsp3) is 0.500. The van der Waals surface area contributed by atoms with Crippen LogP contribution in [0.15, 0.2) is 28.8 Å². The van der Waals surface area contributed by atoms with Gasteiger partial charge in [0.2, 0.25) is 5.89 Å². The number of hydrogen-bond acceptors (Lipinski definition) is 4. The molecule has 1 aliphatic carbocycles. The quantitative estimate of drug-likeness (QED) is 0.849. The minimum atomic E-state index is 0.400. The lowest BCUT2D eigenvalue weighted by molar-refractivity contribution is 0.364. The van der Waals surface area contributed by atoms with Crippen LogP contribution in [0.1, 0.15) is 48.0 Å². The van der Waals surface area contributed by atoms with Gasteiger partial charge in [0.15, 0.2) is 5.82 Å². The van der Waals surface area contributed by atoms with Crippen molar-refractivity contribution in [1.82, 2.24) is 10.1 Å². The van der Waals surface area contributed by atoms with Crippen LogP contribution in [-0.2, 0) is 19.3 Å². The van der Waals surface area contributed by atoms with Crippen LogP contribution in [-0.4, -0.2) is 16.7 Å². The molecule has 0 amide bonds. The van der Waals surface area contributed by atoms with Crippen LogP contribution >= 0.6 is 0 Å². The minimum absolute atomic E-state index is 0.400. The summed E-state index contributed by atoms with van der Waals surface area (Å²) in [5, 5.41) is 4.17. The third-order valence-corrected chi connectivity index (χ3v) is 4.04. The van der Waals surface area contributed by atoms with Crippen molar-refractivity contribution in [2.24, 2.45) is 5.73 Å². The van der Waals surface area contributed by atoms with Gasteiger partial charge in [-0.15, -0.1) is 0 Å². The summed E-state index contributed by atoms with van der Waals surface area (Å²) in [6, 6.07) is 8.66. The van der Waals surface area contributed by atoms with Crippen LogP contribution in [0.5, 0.6) is 0 Å². The summed E-state index contributed by atoms with van der Waals surface area (Å²) in [6.07, 6.45) is 6.11. The van der Waals surface area contributed by atoms with Gasteiger partial charge in [-0.3, -0.25) is 0 Å². The normalized spacial score (nSPS) is 17.9. The van der Waals surface area contributed by atoms with Crippen LogP contribution in [0.3, 0.4) is 0 Å². The second kappa shape index (κ2) is 6.18. The topological polar surface area (TPSA) is 64.9 Å². The van der Waals surface area contributed by atoms with Crippen molar-refractivity contribution >= 4 is 0 Å². The van der Waals surface area contributed by atoms with Crippen LogP contribution in [0.4, 0.5) is 0 Å². The molecule has 0 aliphatic heterocycles. The van der Waals surface area contributed by atoms with Gasteiger partial charge in [0.25, 0.3) is 0 Å². The molecule has 1 heterocycles. The molecule has 2 N–H and O–H groups in total. The standard InChI is InChI=1S/C16H21N3O/c17-10-4-3-7-15-18-16(19-20-15)14-9-8-12-5-1-2-6-13(12)11-14/h1-2,5-6,14H,3-4,7-11,17H2. The molecule has 0 radical (unpaired) electrons. The average molecular weight is 271 g/mol. The molecule has 20 heavy (non-hydrogen) atoms. The maximum atomic E-state index is 5.49. The van der Waals surface area contributed by atoms with Crippen molar-refractivity contribution in [1.29, 1.82) is 0 Å². The molecule has 4 heteroatoms. The van der Waals surface area contributed by atoms with Gasteiger partial charge in [0.1, 0.15) is 0 Å². The van der Waals surface area contributed by atoms with E-state index in [1.54, 1.807) is 0 Å². The number of fused-ring (bicyclic) bond motifs is 1. The van der Waals surface area contributed by atoms with Gasteiger partial charge in [0, 0.05) is 12.3 Å². The summed E-state index contributed by atoms with van der Waals surface area (Å²) in [6.45, 7) is 0.723. The Hall–Kier alpha value is -1.68. The molecule has 0 fully saturated rings. The Labute approximate surface area is 119 Å². The fourth-order valence-corrected chi connectivity index (χ4v) is 2.87. The second-order valence-corrected chi connectivity index (χ2v) is 5.50. The highest BCUT2D eigenvalue weighted by molar-refractivity contribution is 5.31. The van der Waals surface area contributed by atoms with Crippen LogP contribution < -0.4 is 5.73 Å². The van der Waals surface area contributed by atoms with Crippen molar-refractivity contribution in [3.05, 3.63) is 47.1 Å². The smallest absolute Gasteiger partial charge is 0.226 e. The zero-order valence-corrected chi connectivity index (χ0v) is 11.7. The third kappa shape index (κ3) is 2.90. The monoisotopic (exact) mass is 271 g/mol. The summed E-state index contributed by atoms with van der Waals surface area (Å²) in [5.74, 6) is 2.03. The Morgan fingerprint density at radius 2 is 2.05 bits per heavy atom. The zero-order chi connectivity index (χ0) is 13.8. The molecule has 1 aromatic heterocycles. The Morgan fingerprint density at radius 3 is 2.90 bits per heavy atom. The zero-order valence-electron chi connectivity index (χ0n) is 11.7. The van der Waals surface area contributed by atoms with Gasteiger partial charge >= 0.3 is 0 Å². The molecule has 106 valence electrons. The molecule has 0 spiro atoms. The molecule has 1 atom stereocenters. The van der Waals surface area contributed by atoms with Crippen molar-refractivity contribution in [2.75, 3.05) is 6.54 Å². The molecule has 3 rings (SSSR count). The Bertz CT molecular complexity index is 564. The van der Waals surface area contributed by atoms with E-state index < -0.39 is 0 Å². The van der Waals surface area contributed by atoms with E-state index in [1.807, 2.05) is 0 Å². The first-order chi connectivity index (χ1) is 9.86. The molecule has 1 aromatic carbocycles. The lowest BCUT2D eigenvalue weighted by atomic mass is 9.83. The number of aromatic nitrogens is 2. The second-order valence-electron chi connectivity index (χ2n) is 5.50. The summed E-state index contributed by atoms with van der Waals surface area (Å²) in [4.78, 5) is 4.56. The predicted octanol–water partition coefficient (Wildman–Crippen LogP) is 2.62. The van der Waals surface area contributed by atoms with Gasteiger partial charge in [-0.25, -0.2) is 0 Å². The summed E-state index contributed by atoms with van der Waals surface area (Å²) < 4.78 is 5.35. The van der Waals surface area contributed by atoms with Crippen LogP contribution in [0.25, 0.3) is 0 Å². The Kier molecular flexibility index (Phi) is 4.11. The largest absolute Gasteiger partial charge is 0.339 e. The van der Waals surface area contributed by atoms with Crippen molar-refractivity contribution < 1.29 is 4.52 Å². The maximum Gasteiger partial charge on any atom is 0.226 e. The number of nitrogens with zero attached hydrogens (tertiary/aromatic N) is 2. The van der Waals surface area contributed by atoms with Gasteiger partial charge in [-0.2, -0.15) is 4.98 Å². The SMILES string of the molecule is NCCCCc1nc(C2CCc3ccccc3C2)no1. The molecule has 2 aromatic rings. The highest BCUT2D eigenvalue weighted by atomic mass is 16.5. The van der Waals surface area contributed by atoms with E-state index in [4.69, 9.17) is 10.3 Å². The molecule has 1 aliphatic rings. The molecule has 0 saturated heterocycles. The van der Waals surface area contributed by atoms with E-state index >= 15 is 0 Å². The summed E-state index contributed by atoms with van der Waals surface area (Å²) in [7, 11) is 0. The number of nitrogens with two attached hydrogens (primary N) is 1. The first kappa shape index (κ1) is 13.3.